The average molecular weight is 551 g/mol. The molecule has 0 heterocycles. The van der Waals surface area contributed by atoms with Crippen LogP contribution in [0.1, 0.15) is 98.8 Å². The summed E-state index contributed by atoms with van der Waals surface area (Å²) in [7, 11) is 0. The van der Waals surface area contributed by atoms with Crippen LogP contribution in [0.2, 0.25) is 0 Å². The molecule has 0 aliphatic carbocycles. The molecule has 4 amide bonds. The van der Waals surface area contributed by atoms with Crippen molar-refractivity contribution >= 4 is 23.6 Å². The summed E-state index contributed by atoms with van der Waals surface area (Å²) in [6.07, 6.45) is 11.2. The van der Waals surface area contributed by atoms with Crippen LogP contribution >= 0.6 is 0 Å². The Morgan fingerprint density at radius 1 is 0.500 bits per heavy atom. The van der Waals surface area contributed by atoms with E-state index in [1.807, 2.05) is 12.1 Å². The summed E-state index contributed by atoms with van der Waals surface area (Å²) in [5.74, 6) is -0.807. The number of unbranched alkanes of at least 4 members (excludes halogenated alkanes) is 9. The van der Waals surface area contributed by atoms with Gasteiger partial charge in [-0.25, -0.2) is 0 Å². The Morgan fingerprint density at radius 3 is 1.12 bits per heavy atom. The summed E-state index contributed by atoms with van der Waals surface area (Å²) in [6.45, 7) is 4.64. The molecule has 4 N–H and O–H groups in total. The number of carbonyl (C=O) groups excluding carboxylic acids is 4. The molecule has 0 radical (unpaired) electrons. The molecule has 0 spiro atoms. The van der Waals surface area contributed by atoms with E-state index in [-0.39, 0.29) is 23.6 Å². The Kier molecular flexibility index (Phi) is 15.8. The zero-order valence-electron chi connectivity index (χ0n) is 24.0. The molecule has 0 bridgehead atoms. The van der Waals surface area contributed by atoms with Gasteiger partial charge in [-0.05, 0) is 51.0 Å². The minimum absolute atomic E-state index is 0.159. The summed E-state index contributed by atoms with van der Waals surface area (Å²) >= 11 is 0. The highest BCUT2D eigenvalue weighted by molar-refractivity contribution is 5.98. The smallest absolute Gasteiger partial charge is 0.251 e. The summed E-state index contributed by atoms with van der Waals surface area (Å²) in [5.41, 5.74) is 1.09. The number of hydrogen-bond donors (Lipinski definition) is 4. The van der Waals surface area contributed by atoms with Gasteiger partial charge in [-0.15, -0.1) is 0 Å². The maximum atomic E-state index is 12.2. The van der Waals surface area contributed by atoms with Crippen molar-refractivity contribution in [2.75, 3.05) is 13.1 Å². The minimum Gasteiger partial charge on any atom is -0.354 e. The van der Waals surface area contributed by atoms with Crippen molar-refractivity contribution in [1.82, 2.24) is 21.3 Å². The predicted molar refractivity (Wildman–Crippen MR) is 159 cm³/mol. The van der Waals surface area contributed by atoms with Crippen molar-refractivity contribution in [3.63, 3.8) is 0 Å². The monoisotopic (exact) mass is 550 g/mol. The van der Waals surface area contributed by atoms with Crippen molar-refractivity contribution < 1.29 is 19.2 Å². The third kappa shape index (κ3) is 13.4. The molecule has 2 aromatic rings. The van der Waals surface area contributed by atoms with Gasteiger partial charge < -0.3 is 21.3 Å². The van der Waals surface area contributed by atoms with Crippen LogP contribution in [0.3, 0.4) is 0 Å². The lowest BCUT2D eigenvalue weighted by atomic mass is 10.1. The first-order valence-electron chi connectivity index (χ1n) is 14.7. The second-order valence-corrected chi connectivity index (χ2v) is 10.2. The Hall–Kier alpha value is -3.68. The van der Waals surface area contributed by atoms with Gasteiger partial charge in [0.1, 0.15) is 12.1 Å². The molecule has 218 valence electrons. The highest BCUT2D eigenvalue weighted by Gasteiger charge is 2.16. The SMILES string of the molecule is C[C@H](NC(=O)c1ccccc1)C(=O)NCCCCCCCCCCCCNC(=O)[C@H](C)NC(=O)c1ccccc1. The van der Waals surface area contributed by atoms with Crippen LogP contribution in [-0.2, 0) is 9.59 Å². The van der Waals surface area contributed by atoms with Crippen molar-refractivity contribution in [1.29, 1.82) is 0 Å². The highest BCUT2D eigenvalue weighted by Crippen LogP contribution is 2.10. The first-order chi connectivity index (χ1) is 19.4. The molecule has 0 saturated heterocycles. The zero-order valence-corrected chi connectivity index (χ0v) is 24.0. The lowest BCUT2D eigenvalue weighted by Gasteiger charge is -2.14. The summed E-state index contributed by atoms with van der Waals surface area (Å²) < 4.78 is 0. The molecule has 8 nitrogen and oxygen atoms in total. The fraction of sp³-hybridized carbons (Fsp3) is 0.500. The number of benzene rings is 2. The van der Waals surface area contributed by atoms with Gasteiger partial charge in [0.25, 0.3) is 11.8 Å². The molecule has 0 aromatic heterocycles. The van der Waals surface area contributed by atoms with Crippen LogP contribution in [-0.4, -0.2) is 48.8 Å². The Morgan fingerprint density at radius 2 is 0.800 bits per heavy atom. The fourth-order valence-electron chi connectivity index (χ4n) is 4.26. The molecule has 0 aliphatic heterocycles. The van der Waals surface area contributed by atoms with Crippen molar-refractivity contribution in [3.8, 4) is 0 Å². The summed E-state index contributed by atoms with van der Waals surface area (Å²) in [6, 6.07) is 16.6. The third-order valence-electron chi connectivity index (χ3n) is 6.76. The molecule has 2 rings (SSSR count). The van der Waals surface area contributed by atoms with E-state index in [1.165, 1.54) is 25.7 Å². The van der Waals surface area contributed by atoms with Crippen LogP contribution in [0.5, 0.6) is 0 Å². The normalized spacial score (nSPS) is 12.2. The van der Waals surface area contributed by atoms with E-state index in [0.717, 1.165) is 38.5 Å². The second kappa shape index (κ2) is 19.4. The van der Waals surface area contributed by atoms with Gasteiger partial charge in [0, 0.05) is 24.2 Å². The molecule has 8 heteroatoms. The number of carbonyl (C=O) groups is 4. The Labute approximate surface area is 239 Å². The highest BCUT2D eigenvalue weighted by atomic mass is 16.2. The van der Waals surface area contributed by atoms with Gasteiger partial charge in [0.2, 0.25) is 11.8 Å². The van der Waals surface area contributed by atoms with Crippen molar-refractivity contribution in [2.24, 2.45) is 0 Å². The first kappa shape index (κ1) is 32.5. The molecule has 0 unspecified atom stereocenters. The van der Waals surface area contributed by atoms with Gasteiger partial charge in [-0.3, -0.25) is 19.2 Å². The van der Waals surface area contributed by atoms with Crippen molar-refractivity contribution in [3.05, 3.63) is 71.8 Å². The quantitative estimate of drug-likeness (QED) is 0.189. The second-order valence-electron chi connectivity index (χ2n) is 10.2. The molecular weight excluding hydrogens is 504 g/mol. The number of rotatable bonds is 19. The van der Waals surface area contributed by atoms with Crippen molar-refractivity contribution in [2.45, 2.75) is 90.1 Å². The van der Waals surface area contributed by atoms with E-state index >= 15 is 0 Å². The molecule has 0 fully saturated rings. The third-order valence-corrected chi connectivity index (χ3v) is 6.76. The average Bonchev–Trinajstić information content (AvgIpc) is 2.97. The van der Waals surface area contributed by atoms with E-state index in [4.69, 9.17) is 0 Å². The first-order valence-corrected chi connectivity index (χ1v) is 14.7. The van der Waals surface area contributed by atoms with Gasteiger partial charge in [0.15, 0.2) is 0 Å². The van der Waals surface area contributed by atoms with E-state index < -0.39 is 12.1 Å². The number of hydrogen-bond acceptors (Lipinski definition) is 4. The molecule has 2 aromatic carbocycles. The number of nitrogens with one attached hydrogen (secondary N) is 4. The van der Waals surface area contributed by atoms with Crippen LogP contribution in [0.25, 0.3) is 0 Å². The van der Waals surface area contributed by atoms with E-state index in [0.29, 0.717) is 24.2 Å². The fourth-order valence-corrected chi connectivity index (χ4v) is 4.26. The van der Waals surface area contributed by atoms with Gasteiger partial charge in [0.05, 0.1) is 0 Å². The van der Waals surface area contributed by atoms with Gasteiger partial charge in [-0.2, -0.15) is 0 Å². The maximum absolute atomic E-state index is 12.2. The molecule has 0 saturated carbocycles. The lowest BCUT2D eigenvalue weighted by molar-refractivity contribution is -0.123. The predicted octanol–water partition coefficient (Wildman–Crippen LogP) is 4.76. The van der Waals surface area contributed by atoms with Crippen LogP contribution in [0.15, 0.2) is 60.7 Å². The minimum atomic E-state index is -0.569. The molecular formula is C32H46N4O4. The Bertz CT molecular complexity index is 946. The topological polar surface area (TPSA) is 116 Å². The summed E-state index contributed by atoms with van der Waals surface area (Å²) in [5, 5.41) is 11.3. The van der Waals surface area contributed by atoms with E-state index in [2.05, 4.69) is 21.3 Å². The maximum Gasteiger partial charge on any atom is 0.251 e. The van der Waals surface area contributed by atoms with Gasteiger partial charge >= 0.3 is 0 Å². The number of amides is 4. The largest absolute Gasteiger partial charge is 0.354 e. The Balaban J connectivity index is 1.37. The van der Waals surface area contributed by atoms with E-state index in [9.17, 15) is 19.2 Å². The lowest BCUT2D eigenvalue weighted by Crippen LogP contribution is -2.45. The van der Waals surface area contributed by atoms with Crippen LogP contribution in [0, 0.1) is 0 Å². The summed E-state index contributed by atoms with van der Waals surface area (Å²) in [4.78, 5) is 48.7. The zero-order chi connectivity index (χ0) is 29.0. The molecule has 40 heavy (non-hydrogen) atoms. The van der Waals surface area contributed by atoms with Gasteiger partial charge in [-0.1, -0.05) is 87.8 Å². The molecule has 0 aliphatic rings. The molecule has 2 atom stereocenters. The van der Waals surface area contributed by atoms with Crippen LogP contribution in [0.4, 0.5) is 0 Å². The standard InChI is InChI=1S/C32H46N4O4/c1-25(35-31(39)27-19-13-11-14-20-27)29(37)33-23-17-9-7-5-3-4-6-8-10-18-24-34-30(38)26(2)36-32(40)28-21-15-12-16-22-28/h11-16,19-22,25-26H,3-10,17-18,23-24H2,1-2H3,(H,33,37)(H,34,38)(H,35,39)(H,36,40)/t25-,26-/m0/s1. The van der Waals surface area contributed by atoms with Crippen LogP contribution < -0.4 is 21.3 Å². The van der Waals surface area contributed by atoms with E-state index in [1.54, 1.807) is 62.4 Å².